The minimum atomic E-state index is -0.794. The second kappa shape index (κ2) is 9.98. The third-order valence-corrected chi connectivity index (χ3v) is 4.53. The van der Waals surface area contributed by atoms with Crippen LogP contribution in [0.2, 0.25) is 0 Å². The Hall–Kier alpha value is -2.74. The van der Waals surface area contributed by atoms with Crippen LogP contribution in [-0.2, 0) is 4.79 Å². The van der Waals surface area contributed by atoms with Crippen molar-refractivity contribution < 1.29 is 18.7 Å². The first-order valence-corrected chi connectivity index (χ1v) is 9.34. The molecule has 2 N–H and O–H groups in total. The van der Waals surface area contributed by atoms with Crippen molar-refractivity contribution in [2.75, 3.05) is 7.11 Å². The molecule has 0 bridgehead atoms. The van der Waals surface area contributed by atoms with E-state index in [1.165, 1.54) is 30.5 Å². The van der Waals surface area contributed by atoms with E-state index >= 15 is 0 Å². The Morgan fingerprint density at radius 1 is 1.18 bits per heavy atom. The van der Waals surface area contributed by atoms with Crippen molar-refractivity contribution >= 4 is 34.0 Å². The Balaban J connectivity index is 2.01. The highest BCUT2D eigenvalue weighted by atomic mass is 79.9. The van der Waals surface area contributed by atoms with Crippen LogP contribution in [0.25, 0.3) is 0 Å². The maximum atomic E-state index is 13.0. The standard InChI is InChI=1S/C20H21BrFN3O3/c1-12(2)18(24-19(26)14-5-7-15(22)8-6-14)20(27)25-23-11-13-4-9-17(28-3)16(21)10-13/h4-12,18H,1-3H3,(H,24,26)(H,25,27)/b23-11+. The molecule has 0 heterocycles. The van der Waals surface area contributed by atoms with Gasteiger partial charge >= 0.3 is 0 Å². The largest absolute Gasteiger partial charge is 0.496 e. The van der Waals surface area contributed by atoms with Gasteiger partial charge in [0.2, 0.25) is 0 Å². The third kappa shape index (κ3) is 5.88. The lowest BCUT2D eigenvalue weighted by molar-refractivity contribution is -0.123. The number of benzene rings is 2. The number of rotatable bonds is 7. The van der Waals surface area contributed by atoms with Crippen LogP contribution in [0.4, 0.5) is 4.39 Å². The lowest BCUT2D eigenvalue weighted by Gasteiger charge is -2.20. The highest BCUT2D eigenvalue weighted by Gasteiger charge is 2.24. The maximum Gasteiger partial charge on any atom is 0.262 e. The van der Waals surface area contributed by atoms with Gasteiger partial charge in [-0.05, 0) is 69.9 Å². The van der Waals surface area contributed by atoms with Crippen molar-refractivity contribution in [3.63, 3.8) is 0 Å². The van der Waals surface area contributed by atoms with Gasteiger partial charge in [-0.1, -0.05) is 13.8 Å². The Morgan fingerprint density at radius 3 is 2.43 bits per heavy atom. The molecule has 0 aromatic heterocycles. The summed E-state index contributed by atoms with van der Waals surface area (Å²) in [6.45, 7) is 3.61. The summed E-state index contributed by atoms with van der Waals surface area (Å²) in [5, 5.41) is 6.60. The summed E-state index contributed by atoms with van der Waals surface area (Å²) in [6.07, 6.45) is 1.49. The van der Waals surface area contributed by atoms with Crippen molar-refractivity contribution in [2.45, 2.75) is 19.9 Å². The molecule has 28 heavy (non-hydrogen) atoms. The van der Waals surface area contributed by atoms with Gasteiger partial charge in [0, 0.05) is 5.56 Å². The molecule has 0 aliphatic heterocycles. The van der Waals surface area contributed by atoms with Crippen LogP contribution >= 0.6 is 15.9 Å². The number of ether oxygens (including phenoxy) is 1. The molecular weight excluding hydrogens is 429 g/mol. The van der Waals surface area contributed by atoms with Gasteiger partial charge in [0.05, 0.1) is 17.8 Å². The summed E-state index contributed by atoms with van der Waals surface area (Å²) in [6, 6.07) is 9.66. The number of nitrogens with zero attached hydrogens (tertiary/aromatic N) is 1. The van der Waals surface area contributed by atoms with Gasteiger partial charge in [0.1, 0.15) is 17.6 Å². The highest BCUT2D eigenvalue weighted by Crippen LogP contribution is 2.24. The zero-order valence-corrected chi connectivity index (χ0v) is 17.3. The van der Waals surface area contributed by atoms with E-state index < -0.39 is 23.7 Å². The van der Waals surface area contributed by atoms with E-state index in [0.717, 1.165) is 10.0 Å². The van der Waals surface area contributed by atoms with Gasteiger partial charge in [-0.2, -0.15) is 5.10 Å². The molecule has 0 spiro atoms. The fourth-order valence-corrected chi connectivity index (χ4v) is 2.92. The molecule has 1 atom stereocenters. The fourth-order valence-electron chi connectivity index (χ4n) is 2.36. The second-order valence-electron chi connectivity index (χ2n) is 6.33. The SMILES string of the molecule is COc1ccc(/C=N/NC(=O)C(NC(=O)c2ccc(F)cc2)C(C)C)cc1Br. The van der Waals surface area contributed by atoms with Crippen LogP contribution < -0.4 is 15.5 Å². The van der Waals surface area contributed by atoms with Gasteiger partial charge < -0.3 is 10.1 Å². The van der Waals surface area contributed by atoms with Crippen LogP contribution in [0.1, 0.15) is 29.8 Å². The van der Waals surface area contributed by atoms with Gasteiger partial charge in [-0.25, -0.2) is 9.82 Å². The average molecular weight is 450 g/mol. The third-order valence-electron chi connectivity index (χ3n) is 3.91. The van der Waals surface area contributed by atoms with Crippen molar-refractivity contribution in [3.05, 3.63) is 63.9 Å². The van der Waals surface area contributed by atoms with E-state index in [1.54, 1.807) is 39.2 Å². The molecule has 2 amide bonds. The van der Waals surface area contributed by atoms with Crippen molar-refractivity contribution in [3.8, 4) is 5.75 Å². The van der Waals surface area contributed by atoms with Gasteiger partial charge in [0.15, 0.2) is 0 Å². The van der Waals surface area contributed by atoms with Crippen LogP contribution in [0.5, 0.6) is 5.75 Å². The Kier molecular flexibility index (Phi) is 7.69. The molecule has 2 aromatic carbocycles. The predicted octanol–water partition coefficient (Wildman–Crippen LogP) is 3.50. The molecule has 0 aliphatic carbocycles. The molecule has 0 fully saturated rings. The predicted molar refractivity (Wildman–Crippen MR) is 109 cm³/mol. The first-order chi connectivity index (χ1) is 13.3. The minimum Gasteiger partial charge on any atom is -0.496 e. The van der Waals surface area contributed by atoms with Crippen LogP contribution in [0, 0.1) is 11.7 Å². The zero-order chi connectivity index (χ0) is 20.7. The lowest BCUT2D eigenvalue weighted by atomic mass is 10.0. The first-order valence-electron chi connectivity index (χ1n) is 8.54. The van der Waals surface area contributed by atoms with E-state index in [2.05, 4.69) is 31.8 Å². The number of carbonyl (C=O) groups is 2. The molecule has 0 saturated carbocycles. The van der Waals surface area contributed by atoms with E-state index in [-0.39, 0.29) is 11.5 Å². The van der Waals surface area contributed by atoms with E-state index in [0.29, 0.717) is 5.75 Å². The number of nitrogens with one attached hydrogen (secondary N) is 2. The number of amides is 2. The summed E-state index contributed by atoms with van der Waals surface area (Å²) in [5.41, 5.74) is 3.46. The maximum absolute atomic E-state index is 13.0. The number of hydrazone groups is 1. The van der Waals surface area contributed by atoms with Crippen molar-refractivity contribution in [1.82, 2.24) is 10.7 Å². The summed E-state index contributed by atoms with van der Waals surface area (Å²) < 4.78 is 18.9. The van der Waals surface area contributed by atoms with Crippen molar-refractivity contribution in [1.29, 1.82) is 0 Å². The topological polar surface area (TPSA) is 79.8 Å². The molecular formula is C20H21BrFN3O3. The number of methoxy groups -OCH3 is 1. The smallest absolute Gasteiger partial charge is 0.262 e. The minimum absolute atomic E-state index is 0.172. The monoisotopic (exact) mass is 449 g/mol. The number of carbonyl (C=O) groups excluding carboxylic acids is 2. The average Bonchev–Trinajstić information content (AvgIpc) is 2.66. The normalized spacial score (nSPS) is 12.1. The van der Waals surface area contributed by atoms with Crippen LogP contribution in [0.15, 0.2) is 52.0 Å². The van der Waals surface area contributed by atoms with E-state index in [4.69, 9.17) is 4.74 Å². The summed E-state index contributed by atoms with van der Waals surface area (Å²) in [4.78, 5) is 24.7. The van der Waals surface area contributed by atoms with Crippen molar-refractivity contribution in [2.24, 2.45) is 11.0 Å². The van der Waals surface area contributed by atoms with E-state index in [9.17, 15) is 14.0 Å². The molecule has 8 heteroatoms. The molecule has 2 rings (SSSR count). The molecule has 1 unspecified atom stereocenters. The van der Waals surface area contributed by atoms with Gasteiger partial charge in [0.25, 0.3) is 11.8 Å². The molecule has 2 aromatic rings. The highest BCUT2D eigenvalue weighted by molar-refractivity contribution is 9.10. The number of halogens is 2. The zero-order valence-electron chi connectivity index (χ0n) is 15.7. The fraction of sp³-hybridized carbons (Fsp3) is 0.250. The quantitative estimate of drug-likeness (QED) is 0.501. The Bertz CT molecular complexity index is 869. The summed E-state index contributed by atoms with van der Waals surface area (Å²) in [5.74, 6) is -0.834. The first kappa shape index (κ1) is 21.6. The number of hydrogen-bond donors (Lipinski definition) is 2. The molecule has 6 nitrogen and oxygen atoms in total. The Morgan fingerprint density at radius 2 is 1.86 bits per heavy atom. The van der Waals surface area contributed by atoms with Gasteiger partial charge in [-0.3, -0.25) is 9.59 Å². The lowest BCUT2D eigenvalue weighted by Crippen LogP contribution is -2.48. The van der Waals surface area contributed by atoms with Crippen LogP contribution in [-0.4, -0.2) is 31.2 Å². The van der Waals surface area contributed by atoms with Gasteiger partial charge in [-0.15, -0.1) is 0 Å². The molecule has 148 valence electrons. The van der Waals surface area contributed by atoms with Crippen LogP contribution in [0.3, 0.4) is 0 Å². The Labute approximate surface area is 171 Å². The molecule has 0 aliphatic rings. The van der Waals surface area contributed by atoms with E-state index in [1.807, 2.05) is 0 Å². The second-order valence-corrected chi connectivity index (χ2v) is 7.18. The molecule has 0 radical (unpaired) electrons. The summed E-state index contributed by atoms with van der Waals surface area (Å²) >= 11 is 3.38. The number of hydrogen-bond acceptors (Lipinski definition) is 4. The molecule has 0 saturated heterocycles. The summed E-state index contributed by atoms with van der Waals surface area (Å²) in [7, 11) is 1.57.